The summed E-state index contributed by atoms with van der Waals surface area (Å²) >= 11 is 0. The maximum atomic E-state index is 12.7. The number of nitrogens with zero attached hydrogens (tertiary/aromatic N) is 3. The molecule has 2 aliphatic rings. The Bertz CT molecular complexity index is 998. The lowest BCUT2D eigenvalue weighted by atomic mass is 10.1. The van der Waals surface area contributed by atoms with Crippen LogP contribution in [0.3, 0.4) is 0 Å². The van der Waals surface area contributed by atoms with E-state index in [1.807, 2.05) is 11.0 Å². The third kappa shape index (κ3) is 6.82. The first-order chi connectivity index (χ1) is 15.6. The Labute approximate surface area is 212 Å². The molecule has 1 aromatic heterocycles. The number of guanidine groups is 1. The number of carbonyl (C=O) groups excluding carboxylic acids is 1. The van der Waals surface area contributed by atoms with E-state index in [0.717, 1.165) is 49.4 Å². The second-order valence-electron chi connectivity index (χ2n) is 8.80. The van der Waals surface area contributed by atoms with Crippen molar-refractivity contribution in [3.05, 3.63) is 70.1 Å². The van der Waals surface area contributed by atoms with Crippen molar-refractivity contribution in [2.75, 3.05) is 20.1 Å². The minimum Gasteiger partial charge on any atom is -0.352 e. The highest BCUT2D eigenvalue weighted by Crippen LogP contribution is 2.27. The van der Waals surface area contributed by atoms with Crippen LogP contribution >= 0.6 is 24.0 Å². The first-order valence-corrected chi connectivity index (χ1v) is 11.6. The van der Waals surface area contributed by atoms with Gasteiger partial charge in [0.15, 0.2) is 5.96 Å². The number of carbonyl (C=O) groups is 1. The summed E-state index contributed by atoms with van der Waals surface area (Å²) in [7, 11) is 1.77. The molecule has 2 heterocycles. The van der Waals surface area contributed by atoms with E-state index in [-0.39, 0.29) is 41.5 Å². The van der Waals surface area contributed by atoms with E-state index in [2.05, 4.69) is 39.9 Å². The van der Waals surface area contributed by atoms with Gasteiger partial charge in [0.05, 0.1) is 6.54 Å². The maximum absolute atomic E-state index is 12.7. The number of nitrogens with one attached hydrogen (secondary N) is 2. The Morgan fingerprint density at radius 1 is 1.06 bits per heavy atom. The van der Waals surface area contributed by atoms with Crippen molar-refractivity contribution in [1.29, 1.82) is 0 Å². The van der Waals surface area contributed by atoms with Gasteiger partial charge in [0.25, 0.3) is 5.56 Å². The number of halogens is 1. The molecule has 1 saturated heterocycles. The van der Waals surface area contributed by atoms with Crippen molar-refractivity contribution in [1.82, 2.24) is 20.1 Å². The first kappa shape index (κ1) is 25.3. The molecule has 1 atom stereocenters. The molecule has 1 saturated carbocycles. The topological polar surface area (TPSA) is 78.7 Å². The summed E-state index contributed by atoms with van der Waals surface area (Å²) < 4.78 is 1.70. The van der Waals surface area contributed by atoms with Gasteiger partial charge in [-0.2, -0.15) is 0 Å². The van der Waals surface area contributed by atoms with Crippen molar-refractivity contribution < 1.29 is 4.79 Å². The number of amides is 1. The number of pyridine rings is 1. The van der Waals surface area contributed by atoms with E-state index in [0.29, 0.717) is 19.0 Å². The Morgan fingerprint density at radius 2 is 1.79 bits per heavy atom. The Balaban J connectivity index is 0.00000306. The SMILES string of the molecule is CN=C(NCc1ccc(Cn2ccccc2=O)cc1)NC1CCN(C(=O)C2CCCC2)C1.I. The molecule has 33 heavy (non-hydrogen) atoms. The molecule has 0 spiro atoms. The number of aromatic nitrogens is 1. The summed E-state index contributed by atoms with van der Waals surface area (Å²) in [5.41, 5.74) is 2.23. The third-order valence-corrected chi connectivity index (χ3v) is 6.50. The Kier molecular flexibility index (Phi) is 9.34. The van der Waals surface area contributed by atoms with Crippen LogP contribution in [0.15, 0.2) is 58.4 Å². The Hall–Kier alpha value is -2.36. The second kappa shape index (κ2) is 12.2. The zero-order valence-electron chi connectivity index (χ0n) is 19.2. The fourth-order valence-corrected chi connectivity index (χ4v) is 4.63. The first-order valence-electron chi connectivity index (χ1n) is 11.6. The van der Waals surface area contributed by atoms with E-state index < -0.39 is 0 Å². The van der Waals surface area contributed by atoms with E-state index >= 15 is 0 Å². The molecule has 1 aromatic carbocycles. The van der Waals surface area contributed by atoms with Gasteiger partial charge < -0.3 is 20.1 Å². The molecule has 7 nitrogen and oxygen atoms in total. The zero-order valence-corrected chi connectivity index (χ0v) is 21.5. The lowest BCUT2D eigenvalue weighted by Gasteiger charge is -2.21. The highest BCUT2D eigenvalue weighted by molar-refractivity contribution is 14.0. The molecular weight excluding hydrogens is 529 g/mol. The molecule has 2 fully saturated rings. The van der Waals surface area contributed by atoms with Gasteiger partial charge in [0.1, 0.15) is 0 Å². The summed E-state index contributed by atoms with van der Waals surface area (Å²) in [5.74, 6) is 1.34. The highest BCUT2D eigenvalue weighted by atomic mass is 127. The molecule has 1 unspecified atom stereocenters. The van der Waals surface area contributed by atoms with Crippen molar-refractivity contribution in [2.24, 2.45) is 10.9 Å². The van der Waals surface area contributed by atoms with Gasteiger partial charge in [-0.25, -0.2) is 0 Å². The normalized spacial score (nSPS) is 18.8. The molecule has 4 rings (SSSR count). The number of aliphatic imine (C=N–C) groups is 1. The third-order valence-electron chi connectivity index (χ3n) is 6.50. The number of benzene rings is 1. The molecule has 0 bridgehead atoms. The van der Waals surface area contributed by atoms with Crippen molar-refractivity contribution >= 4 is 35.8 Å². The van der Waals surface area contributed by atoms with Gasteiger partial charge in [-0.15, -0.1) is 24.0 Å². The predicted molar refractivity (Wildman–Crippen MR) is 142 cm³/mol. The molecule has 1 aliphatic carbocycles. The molecule has 0 radical (unpaired) electrons. The number of hydrogen-bond donors (Lipinski definition) is 2. The second-order valence-corrected chi connectivity index (χ2v) is 8.80. The molecule has 8 heteroatoms. The molecule has 1 aliphatic heterocycles. The van der Waals surface area contributed by atoms with Crippen LogP contribution in [0, 0.1) is 5.92 Å². The van der Waals surface area contributed by atoms with Crippen molar-refractivity contribution in [2.45, 2.75) is 51.2 Å². The number of rotatable bonds is 6. The monoisotopic (exact) mass is 563 g/mol. The molecule has 2 N–H and O–H groups in total. The van der Waals surface area contributed by atoms with E-state index in [9.17, 15) is 9.59 Å². The summed E-state index contributed by atoms with van der Waals surface area (Å²) in [6, 6.07) is 13.7. The molecular formula is C25H34IN5O2. The van der Waals surface area contributed by atoms with E-state index in [1.165, 1.54) is 12.8 Å². The lowest BCUT2D eigenvalue weighted by molar-refractivity contribution is -0.134. The Morgan fingerprint density at radius 3 is 2.48 bits per heavy atom. The summed E-state index contributed by atoms with van der Waals surface area (Å²) in [6.07, 6.45) is 7.24. The smallest absolute Gasteiger partial charge is 0.250 e. The average Bonchev–Trinajstić information content (AvgIpc) is 3.51. The van der Waals surface area contributed by atoms with Crippen LogP contribution in [0.5, 0.6) is 0 Å². The summed E-state index contributed by atoms with van der Waals surface area (Å²) in [4.78, 5) is 30.9. The van der Waals surface area contributed by atoms with E-state index in [4.69, 9.17) is 0 Å². The number of hydrogen-bond acceptors (Lipinski definition) is 3. The van der Waals surface area contributed by atoms with Crippen LogP contribution in [-0.2, 0) is 17.9 Å². The van der Waals surface area contributed by atoms with Crippen molar-refractivity contribution in [3.63, 3.8) is 0 Å². The predicted octanol–water partition coefficient (Wildman–Crippen LogP) is 2.97. The van der Waals surface area contributed by atoms with Crippen molar-refractivity contribution in [3.8, 4) is 0 Å². The minimum absolute atomic E-state index is 0. The van der Waals surface area contributed by atoms with Crippen LogP contribution in [0.4, 0.5) is 0 Å². The fourth-order valence-electron chi connectivity index (χ4n) is 4.63. The summed E-state index contributed by atoms with van der Waals surface area (Å²) in [5, 5.41) is 6.84. The van der Waals surface area contributed by atoms with Gasteiger partial charge in [0.2, 0.25) is 5.91 Å². The molecule has 2 aromatic rings. The number of likely N-dealkylation sites (tertiary alicyclic amines) is 1. The highest BCUT2D eigenvalue weighted by Gasteiger charge is 2.32. The van der Waals surface area contributed by atoms with Gasteiger partial charge in [-0.1, -0.05) is 43.2 Å². The van der Waals surface area contributed by atoms with Crippen LogP contribution in [0.25, 0.3) is 0 Å². The van der Waals surface area contributed by atoms with Gasteiger partial charge >= 0.3 is 0 Å². The quantitative estimate of drug-likeness (QED) is 0.322. The minimum atomic E-state index is 0. The largest absolute Gasteiger partial charge is 0.352 e. The van der Waals surface area contributed by atoms with E-state index in [1.54, 1.807) is 29.9 Å². The van der Waals surface area contributed by atoms with Crippen LogP contribution in [0.1, 0.15) is 43.2 Å². The van der Waals surface area contributed by atoms with Gasteiger partial charge in [-0.3, -0.25) is 14.6 Å². The maximum Gasteiger partial charge on any atom is 0.250 e. The van der Waals surface area contributed by atoms with Gasteiger partial charge in [-0.05, 0) is 36.5 Å². The average molecular weight is 563 g/mol. The standard InChI is InChI=1S/C25H33N5O2.HI/c1-26-25(28-22-13-15-30(18-22)24(32)21-6-2-3-7-21)27-16-19-9-11-20(12-10-19)17-29-14-5-4-8-23(29)31;/h4-5,8-12,14,21-22H,2-3,6-7,13,15-18H2,1H3,(H2,26,27,28);1H. The summed E-state index contributed by atoms with van der Waals surface area (Å²) in [6.45, 7) is 2.80. The zero-order chi connectivity index (χ0) is 22.3. The lowest BCUT2D eigenvalue weighted by Crippen LogP contribution is -2.45. The fraction of sp³-hybridized carbons (Fsp3) is 0.480. The van der Waals surface area contributed by atoms with Gasteiger partial charge in [0, 0.05) is 50.9 Å². The van der Waals surface area contributed by atoms with Crippen LogP contribution < -0.4 is 16.2 Å². The van der Waals surface area contributed by atoms with Crippen LogP contribution in [-0.4, -0.2) is 47.5 Å². The van der Waals surface area contributed by atoms with Crippen LogP contribution in [0.2, 0.25) is 0 Å². The molecule has 178 valence electrons. The molecule has 1 amide bonds.